The first-order valence-corrected chi connectivity index (χ1v) is 5.15. The van der Waals surface area contributed by atoms with E-state index in [-0.39, 0.29) is 0 Å². The molecule has 2 N–H and O–H groups in total. The summed E-state index contributed by atoms with van der Waals surface area (Å²) >= 11 is 0. The van der Waals surface area contributed by atoms with E-state index >= 15 is 0 Å². The van der Waals surface area contributed by atoms with Crippen LogP contribution < -0.4 is 10.6 Å². The van der Waals surface area contributed by atoms with E-state index in [0.717, 1.165) is 18.9 Å². The average molecular weight is 207 g/mol. The molecule has 1 aliphatic rings. The number of rotatable bonds is 2. The molecule has 1 aromatic rings. The second kappa shape index (κ2) is 4.02. The first-order chi connectivity index (χ1) is 7.16. The van der Waals surface area contributed by atoms with Crippen LogP contribution in [0.5, 0.6) is 0 Å². The molecule has 0 aliphatic carbocycles. The summed E-state index contributed by atoms with van der Waals surface area (Å²) in [5, 5.41) is 0. The zero-order valence-electron chi connectivity index (χ0n) is 9.22. The van der Waals surface area contributed by atoms with Crippen LogP contribution in [-0.2, 0) is 0 Å². The summed E-state index contributed by atoms with van der Waals surface area (Å²) in [6.45, 7) is 2.06. The van der Waals surface area contributed by atoms with Gasteiger partial charge in [-0.2, -0.15) is 0 Å². The highest BCUT2D eigenvalue weighted by Crippen LogP contribution is 2.19. The Morgan fingerprint density at radius 3 is 2.73 bits per heavy atom. The van der Waals surface area contributed by atoms with Crippen molar-refractivity contribution in [2.75, 3.05) is 37.8 Å². The molecule has 1 unspecified atom stereocenters. The summed E-state index contributed by atoms with van der Waals surface area (Å²) in [7, 11) is 4.23. The fourth-order valence-electron chi connectivity index (χ4n) is 1.87. The van der Waals surface area contributed by atoms with Gasteiger partial charge >= 0.3 is 0 Å². The number of aromatic nitrogens is 2. The third kappa shape index (κ3) is 2.18. The number of anilines is 2. The van der Waals surface area contributed by atoms with Crippen LogP contribution in [0, 0.1) is 0 Å². The smallest absolute Gasteiger partial charge is 0.147 e. The monoisotopic (exact) mass is 207 g/mol. The minimum Gasteiger partial charge on any atom is -0.382 e. The van der Waals surface area contributed by atoms with E-state index in [2.05, 4.69) is 33.9 Å². The topological polar surface area (TPSA) is 58.3 Å². The average Bonchev–Trinajstić information content (AvgIpc) is 2.68. The van der Waals surface area contributed by atoms with Gasteiger partial charge in [0.1, 0.15) is 11.6 Å². The second-order valence-electron chi connectivity index (χ2n) is 4.15. The Morgan fingerprint density at radius 1 is 1.40 bits per heavy atom. The van der Waals surface area contributed by atoms with Gasteiger partial charge in [0.15, 0.2) is 0 Å². The van der Waals surface area contributed by atoms with Gasteiger partial charge < -0.3 is 15.5 Å². The molecule has 1 aromatic heterocycles. The Hall–Kier alpha value is -1.36. The maximum Gasteiger partial charge on any atom is 0.147 e. The molecule has 0 spiro atoms. The molecule has 0 radical (unpaired) electrons. The first-order valence-electron chi connectivity index (χ1n) is 5.15. The van der Waals surface area contributed by atoms with Crippen molar-refractivity contribution in [1.82, 2.24) is 14.9 Å². The predicted molar refractivity (Wildman–Crippen MR) is 60.7 cm³/mol. The fourth-order valence-corrected chi connectivity index (χ4v) is 1.87. The molecular weight excluding hydrogens is 190 g/mol. The maximum absolute atomic E-state index is 5.50. The molecule has 1 saturated heterocycles. The molecule has 1 aliphatic heterocycles. The lowest BCUT2D eigenvalue weighted by molar-refractivity contribution is 0.315. The Kier molecular flexibility index (Phi) is 2.73. The molecule has 0 aromatic carbocycles. The Morgan fingerprint density at radius 2 is 2.20 bits per heavy atom. The number of likely N-dealkylation sites (N-methyl/N-ethyl adjacent to an activating group) is 1. The molecule has 0 amide bonds. The van der Waals surface area contributed by atoms with Gasteiger partial charge in [-0.1, -0.05) is 0 Å². The van der Waals surface area contributed by atoms with E-state index in [1.54, 1.807) is 12.4 Å². The van der Waals surface area contributed by atoms with E-state index in [1.807, 2.05) is 0 Å². The van der Waals surface area contributed by atoms with Crippen molar-refractivity contribution >= 4 is 11.6 Å². The summed E-state index contributed by atoms with van der Waals surface area (Å²) in [5.41, 5.74) is 5.50. The minimum atomic E-state index is 0.474. The van der Waals surface area contributed by atoms with Gasteiger partial charge in [0.2, 0.25) is 0 Å². The van der Waals surface area contributed by atoms with Gasteiger partial charge in [0.05, 0.1) is 12.4 Å². The summed E-state index contributed by atoms with van der Waals surface area (Å²) < 4.78 is 0. The largest absolute Gasteiger partial charge is 0.382 e. The van der Waals surface area contributed by atoms with Gasteiger partial charge in [0.25, 0.3) is 0 Å². The normalized spacial score (nSPS) is 21.3. The lowest BCUT2D eigenvalue weighted by Crippen LogP contribution is -2.31. The van der Waals surface area contributed by atoms with E-state index in [4.69, 9.17) is 5.73 Å². The molecule has 82 valence electrons. The van der Waals surface area contributed by atoms with Crippen molar-refractivity contribution in [3.63, 3.8) is 0 Å². The molecule has 2 rings (SSSR count). The second-order valence-corrected chi connectivity index (χ2v) is 4.15. The lowest BCUT2D eigenvalue weighted by atomic mass is 10.2. The molecule has 1 atom stereocenters. The van der Waals surface area contributed by atoms with Crippen molar-refractivity contribution in [1.29, 1.82) is 0 Å². The third-order valence-corrected chi connectivity index (χ3v) is 2.88. The molecule has 0 bridgehead atoms. The highest BCUT2D eigenvalue weighted by Gasteiger charge is 2.24. The van der Waals surface area contributed by atoms with E-state index in [9.17, 15) is 0 Å². The summed E-state index contributed by atoms with van der Waals surface area (Å²) in [6, 6.07) is 0.615. The van der Waals surface area contributed by atoms with Crippen LogP contribution in [0.4, 0.5) is 11.6 Å². The van der Waals surface area contributed by atoms with Crippen LogP contribution in [0.1, 0.15) is 6.42 Å². The molecule has 0 saturated carbocycles. The van der Waals surface area contributed by atoms with Crippen LogP contribution in [0.3, 0.4) is 0 Å². The number of hydrogen-bond acceptors (Lipinski definition) is 5. The van der Waals surface area contributed by atoms with Gasteiger partial charge in [-0.3, -0.25) is 0 Å². The van der Waals surface area contributed by atoms with Crippen molar-refractivity contribution in [3.8, 4) is 0 Å². The standard InChI is InChI=1S/C10H17N5/c1-14(2)8-3-4-15(7-8)10-6-12-9(11)5-13-10/h5-6,8H,3-4,7H2,1-2H3,(H2,11,12). The predicted octanol–water partition coefficient (Wildman–Crippen LogP) is 0.199. The first kappa shape index (κ1) is 10.2. The van der Waals surface area contributed by atoms with E-state index in [0.29, 0.717) is 11.9 Å². The van der Waals surface area contributed by atoms with Crippen molar-refractivity contribution in [2.45, 2.75) is 12.5 Å². The molecule has 5 nitrogen and oxygen atoms in total. The Balaban J connectivity index is 2.04. The number of nitrogen functional groups attached to an aromatic ring is 1. The van der Waals surface area contributed by atoms with Crippen LogP contribution >= 0.6 is 0 Å². The molecule has 1 fully saturated rings. The SMILES string of the molecule is CN(C)C1CCN(c2cnc(N)cn2)C1. The zero-order chi connectivity index (χ0) is 10.8. The van der Waals surface area contributed by atoms with Crippen LogP contribution in [0.15, 0.2) is 12.4 Å². The van der Waals surface area contributed by atoms with Crippen molar-refractivity contribution in [2.24, 2.45) is 0 Å². The summed E-state index contributed by atoms with van der Waals surface area (Å²) in [4.78, 5) is 12.8. The summed E-state index contributed by atoms with van der Waals surface area (Å²) in [6.07, 6.45) is 4.53. The highest BCUT2D eigenvalue weighted by molar-refractivity contribution is 5.40. The number of hydrogen-bond donors (Lipinski definition) is 1. The van der Waals surface area contributed by atoms with Gasteiger partial charge in [-0.25, -0.2) is 9.97 Å². The van der Waals surface area contributed by atoms with Crippen LogP contribution in [0.25, 0.3) is 0 Å². The van der Waals surface area contributed by atoms with Crippen LogP contribution in [-0.4, -0.2) is 48.1 Å². The van der Waals surface area contributed by atoms with E-state index in [1.165, 1.54) is 6.42 Å². The Bertz CT molecular complexity index is 321. The van der Waals surface area contributed by atoms with Crippen molar-refractivity contribution < 1.29 is 0 Å². The molecule has 5 heteroatoms. The number of nitrogens with two attached hydrogens (primary N) is 1. The highest BCUT2D eigenvalue weighted by atomic mass is 15.3. The quantitative estimate of drug-likeness (QED) is 0.750. The summed E-state index contributed by atoms with van der Waals surface area (Å²) in [5.74, 6) is 1.40. The zero-order valence-corrected chi connectivity index (χ0v) is 9.22. The van der Waals surface area contributed by atoms with Gasteiger partial charge in [0, 0.05) is 19.1 Å². The fraction of sp³-hybridized carbons (Fsp3) is 0.600. The van der Waals surface area contributed by atoms with E-state index < -0.39 is 0 Å². The molecule has 15 heavy (non-hydrogen) atoms. The number of nitrogens with zero attached hydrogens (tertiary/aromatic N) is 4. The lowest BCUT2D eigenvalue weighted by Gasteiger charge is -2.20. The minimum absolute atomic E-state index is 0.474. The van der Waals surface area contributed by atoms with Gasteiger partial charge in [-0.05, 0) is 20.5 Å². The van der Waals surface area contributed by atoms with Gasteiger partial charge in [-0.15, -0.1) is 0 Å². The van der Waals surface area contributed by atoms with Crippen LogP contribution in [0.2, 0.25) is 0 Å². The van der Waals surface area contributed by atoms with Crippen molar-refractivity contribution in [3.05, 3.63) is 12.4 Å². The third-order valence-electron chi connectivity index (χ3n) is 2.88. The maximum atomic E-state index is 5.50. The molecule has 2 heterocycles. The Labute approximate surface area is 89.9 Å². The molecular formula is C10H17N5.